The van der Waals surface area contributed by atoms with E-state index in [0.29, 0.717) is 32.7 Å². The van der Waals surface area contributed by atoms with Crippen LogP contribution < -0.4 is 5.32 Å². The van der Waals surface area contributed by atoms with Gasteiger partial charge in [0, 0.05) is 26.8 Å². The van der Waals surface area contributed by atoms with Crippen LogP contribution in [-0.2, 0) is 9.47 Å². The quantitative estimate of drug-likeness (QED) is 0.927. The van der Waals surface area contributed by atoms with Crippen molar-refractivity contribution in [3.8, 4) is 0 Å². The zero-order valence-electron chi connectivity index (χ0n) is 11.8. The number of methoxy groups -OCH3 is 1. The molecule has 0 radical (unpaired) electrons. The van der Waals surface area contributed by atoms with Gasteiger partial charge in [-0.25, -0.2) is 13.6 Å². The molecule has 1 saturated heterocycles. The number of halogens is 2. The number of nitrogens with zero attached hydrogens (tertiary/aromatic N) is 1. The van der Waals surface area contributed by atoms with E-state index >= 15 is 0 Å². The van der Waals surface area contributed by atoms with Crippen molar-refractivity contribution in [2.24, 2.45) is 0 Å². The van der Waals surface area contributed by atoms with Crippen LogP contribution in [0.5, 0.6) is 0 Å². The first-order valence-electron chi connectivity index (χ1n) is 6.72. The van der Waals surface area contributed by atoms with Crippen LogP contribution in [0.1, 0.15) is 6.42 Å². The maximum atomic E-state index is 13.5. The van der Waals surface area contributed by atoms with E-state index in [1.165, 1.54) is 17.0 Å². The minimum atomic E-state index is -1.06. The molecule has 1 atom stereocenters. The van der Waals surface area contributed by atoms with E-state index in [-0.39, 0.29) is 11.8 Å². The van der Waals surface area contributed by atoms with Crippen molar-refractivity contribution >= 4 is 11.7 Å². The summed E-state index contributed by atoms with van der Waals surface area (Å²) in [5.41, 5.74) is -0.167. The van der Waals surface area contributed by atoms with Crippen LogP contribution in [0, 0.1) is 11.6 Å². The third-order valence-corrected chi connectivity index (χ3v) is 3.26. The predicted octanol–water partition coefficient (Wildman–Crippen LogP) is 2.23. The van der Waals surface area contributed by atoms with Crippen molar-refractivity contribution in [2.45, 2.75) is 12.5 Å². The molecule has 0 spiro atoms. The molecule has 1 aromatic rings. The first kappa shape index (κ1) is 15.7. The molecule has 2 rings (SSSR count). The van der Waals surface area contributed by atoms with E-state index in [1.807, 2.05) is 0 Å². The van der Waals surface area contributed by atoms with Crippen LogP contribution in [0.2, 0.25) is 0 Å². The molecule has 116 valence electrons. The number of morpholine rings is 1. The Kier molecular flexibility index (Phi) is 5.46. The Morgan fingerprint density at radius 1 is 1.52 bits per heavy atom. The molecule has 1 N–H and O–H groups in total. The molecule has 1 aliphatic heterocycles. The van der Waals surface area contributed by atoms with Crippen LogP contribution in [0.25, 0.3) is 0 Å². The second kappa shape index (κ2) is 7.33. The molecular weight excluding hydrogens is 282 g/mol. The standard InChI is InChI=1S/C14H18F2N2O3/c1-20-7-5-10-9-18(6-8-21-10)14(19)17-12-4-2-3-11(15)13(12)16/h2-4,10H,5-9H2,1H3,(H,17,19). The van der Waals surface area contributed by atoms with E-state index in [1.54, 1.807) is 7.11 Å². The Balaban J connectivity index is 1.95. The van der Waals surface area contributed by atoms with Crippen molar-refractivity contribution in [1.82, 2.24) is 4.90 Å². The molecule has 21 heavy (non-hydrogen) atoms. The van der Waals surface area contributed by atoms with Gasteiger partial charge in [-0.3, -0.25) is 0 Å². The number of carbonyl (C=O) groups excluding carboxylic acids is 1. The summed E-state index contributed by atoms with van der Waals surface area (Å²) in [6, 6.07) is 3.19. The highest BCUT2D eigenvalue weighted by atomic mass is 19.2. The van der Waals surface area contributed by atoms with Crippen LogP contribution >= 0.6 is 0 Å². The fourth-order valence-electron chi connectivity index (χ4n) is 2.12. The lowest BCUT2D eigenvalue weighted by atomic mass is 10.2. The molecule has 1 heterocycles. The van der Waals surface area contributed by atoms with Crippen LogP contribution in [-0.4, -0.2) is 50.4 Å². The van der Waals surface area contributed by atoms with E-state index < -0.39 is 17.7 Å². The highest BCUT2D eigenvalue weighted by molar-refractivity contribution is 5.89. The average Bonchev–Trinajstić information content (AvgIpc) is 2.50. The fourth-order valence-corrected chi connectivity index (χ4v) is 2.12. The third-order valence-electron chi connectivity index (χ3n) is 3.26. The van der Waals surface area contributed by atoms with Gasteiger partial charge in [-0.2, -0.15) is 0 Å². The number of ether oxygens (including phenoxy) is 2. The smallest absolute Gasteiger partial charge is 0.322 e. The number of rotatable bonds is 4. The second-order valence-electron chi connectivity index (χ2n) is 4.75. The van der Waals surface area contributed by atoms with Gasteiger partial charge in [0.1, 0.15) is 0 Å². The van der Waals surface area contributed by atoms with Gasteiger partial charge in [0.2, 0.25) is 0 Å². The molecule has 1 aliphatic rings. The summed E-state index contributed by atoms with van der Waals surface area (Å²) in [6.07, 6.45) is 0.566. The number of benzene rings is 1. The normalized spacial score (nSPS) is 18.6. The highest BCUT2D eigenvalue weighted by Gasteiger charge is 2.24. The lowest BCUT2D eigenvalue weighted by molar-refractivity contribution is -0.0260. The van der Waals surface area contributed by atoms with Gasteiger partial charge in [-0.1, -0.05) is 6.07 Å². The largest absolute Gasteiger partial charge is 0.385 e. The maximum Gasteiger partial charge on any atom is 0.322 e. The molecule has 1 fully saturated rings. The van der Waals surface area contributed by atoms with Crippen molar-refractivity contribution < 1.29 is 23.0 Å². The summed E-state index contributed by atoms with van der Waals surface area (Å²) >= 11 is 0. The minimum absolute atomic E-state index is 0.109. The van der Waals surface area contributed by atoms with Gasteiger partial charge in [0.05, 0.1) is 18.4 Å². The summed E-state index contributed by atoms with van der Waals surface area (Å²) in [5.74, 6) is -2.05. The molecular formula is C14H18F2N2O3. The molecule has 1 unspecified atom stereocenters. The Labute approximate surface area is 121 Å². The summed E-state index contributed by atoms with van der Waals surface area (Å²) in [6.45, 7) is 1.75. The van der Waals surface area contributed by atoms with Crippen molar-refractivity contribution in [1.29, 1.82) is 0 Å². The molecule has 5 nitrogen and oxygen atoms in total. The van der Waals surface area contributed by atoms with Crippen LogP contribution in [0.3, 0.4) is 0 Å². The Morgan fingerprint density at radius 3 is 3.10 bits per heavy atom. The molecule has 0 saturated carbocycles. The van der Waals surface area contributed by atoms with Gasteiger partial charge >= 0.3 is 6.03 Å². The first-order chi connectivity index (χ1) is 10.1. The minimum Gasteiger partial charge on any atom is -0.385 e. The second-order valence-corrected chi connectivity index (χ2v) is 4.75. The number of hydrogen-bond acceptors (Lipinski definition) is 3. The third kappa shape index (κ3) is 4.12. The molecule has 0 aromatic heterocycles. The zero-order valence-corrected chi connectivity index (χ0v) is 11.8. The molecule has 7 heteroatoms. The molecule has 0 bridgehead atoms. The average molecular weight is 300 g/mol. The van der Waals surface area contributed by atoms with E-state index in [2.05, 4.69) is 5.32 Å². The van der Waals surface area contributed by atoms with Crippen LogP contribution in [0.15, 0.2) is 18.2 Å². The van der Waals surface area contributed by atoms with E-state index in [9.17, 15) is 13.6 Å². The highest BCUT2D eigenvalue weighted by Crippen LogP contribution is 2.18. The summed E-state index contributed by atoms with van der Waals surface area (Å²) < 4.78 is 37.1. The van der Waals surface area contributed by atoms with E-state index in [4.69, 9.17) is 9.47 Å². The van der Waals surface area contributed by atoms with Crippen molar-refractivity contribution in [3.05, 3.63) is 29.8 Å². The summed E-state index contributed by atoms with van der Waals surface area (Å²) in [4.78, 5) is 13.6. The van der Waals surface area contributed by atoms with Crippen LogP contribution in [0.4, 0.5) is 19.3 Å². The summed E-state index contributed by atoms with van der Waals surface area (Å²) in [7, 11) is 1.60. The number of carbonyl (C=O) groups is 1. The van der Waals surface area contributed by atoms with Crippen molar-refractivity contribution in [3.63, 3.8) is 0 Å². The first-order valence-corrected chi connectivity index (χ1v) is 6.72. The Bertz CT molecular complexity index is 499. The lowest BCUT2D eigenvalue weighted by Gasteiger charge is -2.32. The van der Waals surface area contributed by atoms with E-state index in [0.717, 1.165) is 6.07 Å². The Morgan fingerprint density at radius 2 is 2.33 bits per heavy atom. The summed E-state index contributed by atoms with van der Waals surface area (Å²) in [5, 5.41) is 2.38. The Hall–Kier alpha value is -1.73. The number of hydrogen-bond donors (Lipinski definition) is 1. The van der Waals surface area contributed by atoms with Gasteiger partial charge in [-0.05, 0) is 18.6 Å². The van der Waals surface area contributed by atoms with Gasteiger partial charge in [0.15, 0.2) is 11.6 Å². The maximum absolute atomic E-state index is 13.5. The molecule has 0 aliphatic carbocycles. The van der Waals surface area contributed by atoms with Gasteiger partial charge < -0.3 is 19.7 Å². The zero-order chi connectivity index (χ0) is 15.2. The lowest BCUT2D eigenvalue weighted by Crippen LogP contribution is -2.47. The van der Waals surface area contributed by atoms with Gasteiger partial charge in [-0.15, -0.1) is 0 Å². The van der Waals surface area contributed by atoms with Gasteiger partial charge in [0.25, 0.3) is 0 Å². The molecule has 2 amide bonds. The fraction of sp³-hybridized carbons (Fsp3) is 0.500. The molecule has 1 aromatic carbocycles. The SMILES string of the molecule is COCCC1CN(C(=O)Nc2cccc(F)c2F)CCO1. The monoisotopic (exact) mass is 300 g/mol. The number of nitrogens with one attached hydrogen (secondary N) is 1. The predicted molar refractivity (Wildman–Crippen MR) is 73.2 cm³/mol. The topological polar surface area (TPSA) is 50.8 Å². The van der Waals surface area contributed by atoms with Crippen molar-refractivity contribution in [2.75, 3.05) is 38.7 Å². The number of anilines is 1. The number of urea groups is 1. The number of amides is 2.